The second kappa shape index (κ2) is 3.04. The number of likely N-dealkylation sites (tertiary alicyclic amines) is 1. The zero-order valence-electron chi connectivity index (χ0n) is 6.76. The highest BCUT2D eigenvalue weighted by Gasteiger charge is 2.23. The summed E-state index contributed by atoms with van der Waals surface area (Å²) in [4.78, 5) is 13.1. The van der Waals surface area contributed by atoms with Gasteiger partial charge >= 0.3 is 0 Å². The molecule has 0 unspecified atom stereocenters. The third-order valence-electron chi connectivity index (χ3n) is 2.26. The van der Waals surface area contributed by atoms with Gasteiger partial charge in [0.25, 0.3) is 0 Å². The van der Waals surface area contributed by atoms with Gasteiger partial charge in [0.1, 0.15) is 0 Å². The maximum absolute atomic E-state index is 11.3. The fourth-order valence-electron chi connectivity index (χ4n) is 1.50. The summed E-state index contributed by atoms with van der Waals surface area (Å²) in [6.45, 7) is 3.04. The first-order valence-corrected chi connectivity index (χ1v) is 4.00. The van der Waals surface area contributed by atoms with E-state index in [1.807, 2.05) is 11.9 Å². The van der Waals surface area contributed by atoms with Gasteiger partial charge in [-0.15, -0.1) is 0 Å². The molecule has 1 heterocycles. The van der Waals surface area contributed by atoms with Crippen molar-refractivity contribution in [3.05, 3.63) is 0 Å². The number of piperidine rings is 1. The van der Waals surface area contributed by atoms with Crippen molar-refractivity contribution in [2.75, 3.05) is 13.6 Å². The Morgan fingerprint density at radius 2 is 2.40 bits per heavy atom. The molecule has 0 saturated carbocycles. The Hall–Kier alpha value is -0.530. The highest BCUT2D eigenvalue weighted by Crippen LogP contribution is 2.18. The number of carbonyl (C=O) groups is 1. The topological polar surface area (TPSA) is 20.3 Å². The van der Waals surface area contributed by atoms with Crippen molar-refractivity contribution < 1.29 is 4.79 Å². The average Bonchev–Trinajstić information content (AvgIpc) is 1.95. The van der Waals surface area contributed by atoms with Crippen LogP contribution < -0.4 is 0 Å². The van der Waals surface area contributed by atoms with E-state index in [4.69, 9.17) is 0 Å². The molecule has 10 heavy (non-hydrogen) atoms. The molecular formula is C8H15NO. The standard InChI is InChI=1S/C8H15NO/c1-3-7-5-4-6-9(2)8(7)10/h7H,3-6H2,1-2H3/t7-/m1/s1. The van der Waals surface area contributed by atoms with Crippen molar-refractivity contribution in [1.29, 1.82) is 0 Å². The number of hydrogen-bond acceptors (Lipinski definition) is 1. The van der Waals surface area contributed by atoms with Crippen LogP contribution in [0.1, 0.15) is 26.2 Å². The van der Waals surface area contributed by atoms with E-state index in [0.29, 0.717) is 11.8 Å². The van der Waals surface area contributed by atoms with Crippen LogP contribution in [0.15, 0.2) is 0 Å². The van der Waals surface area contributed by atoms with Gasteiger partial charge in [-0.3, -0.25) is 4.79 Å². The summed E-state index contributed by atoms with van der Waals surface area (Å²) in [6, 6.07) is 0. The maximum atomic E-state index is 11.3. The molecule has 0 aromatic heterocycles. The van der Waals surface area contributed by atoms with E-state index >= 15 is 0 Å². The molecule has 0 aliphatic carbocycles. The minimum absolute atomic E-state index is 0.318. The van der Waals surface area contributed by atoms with Crippen LogP contribution in [0.3, 0.4) is 0 Å². The maximum Gasteiger partial charge on any atom is 0.225 e. The highest BCUT2D eigenvalue weighted by molar-refractivity contribution is 5.79. The summed E-state index contributed by atoms with van der Waals surface area (Å²) in [5.41, 5.74) is 0. The van der Waals surface area contributed by atoms with Gasteiger partial charge in [0.2, 0.25) is 5.91 Å². The normalized spacial score (nSPS) is 27.2. The minimum atomic E-state index is 0.318. The molecule has 0 N–H and O–H groups in total. The van der Waals surface area contributed by atoms with Crippen molar-refractivity contribution >= 4 is 5.91 Å². The van der Waals surface area contributed by atoms with Gasteiger partial charge in [-0.2, -0.15) is 0 Å². The monoisotopic (exact) mass is 141 g/mol. The molecule has 58 valence electrons. The van der Waals surface area contributed by atoms with Gasteiger partial charge in [-0.05, 0) is 19.3 Å². The fourth-order valence-corrected chi connectivity index (χ4v) is 1.50. The molecular weight excluding hydrogens is 126 g/mol. The van der Waals surface area contributed by atoms with Crippen LogP contribution in [0.5, 0.6) is 0 Å². The van der Waals surface area contributed by atoms with E-state index in [2.05, 4.69) is 6.92 Å². The molecule has 0 spiro atoms. The summed E-state index contributed by atoms with van der Waals surface area (Å²) in [6.07, 6.45) is 3.28. The molecule has 1 rings (SSSR count). The van der Waals surface area contributed by atoms with Crippen molar-refractivity contribution in [3.63, 3.8) is 0 Å². The number of amides is 1. The summed E-state index contributed by atoms with van der Waals surface area (Å²) < 4.78 is 0. The van der Waals surface area contributed by atoms with Gasteiger partial charge in [0.05, 0.1) is 0 Å². The molecule has 0 bridgehead atoms. The molecule has 2 heteroatoms. The van der Waals surface area contributed by atoms with Crippen molar-refractivity contribution in [1.82, 2.24) is 4.90 Å². The third kappa shape index (κ3) is 1.31. The summed E-state index contributed by atoms with van der Waals surface area (Å²) in [5.74, 6) is 0.660. The quantitative estimate of drug-likeness (QED) is 0.538. The second-order valence-corrected chi connectivity index (χ2v) is 3.01. The lowest BCUT2D eigenvalue weighted by atomic mass is 9.95. The molecule has 0 aromatic carbocycles. The van der Waals surface area contributed by atoms with Crippen LogP contribution in [0.25, 0.3) is 0 Å². The molecule has 2 nitrogen and oxygen atoms in total. The summed E-state index contributed by atoms with van der Waals surface area (Å²) in [7, 11) is 1.89. The molecule has 0 aromatic rings. The van der Waals surface area contributed by atoms with E-state index in [1.165, 1.54) is 6.42 Å². The van der Waals surface area contributed by atoms with Crippen molar-refractivity contribution in [2.24, 2.45) is 5.92 Å². The predicted molar refractivity (Wildman–Crippen MR) is 40.7 cm³/mol. The lowest BCUT2D eigenvalue weighted by Crippen LogP contribution is -2.37. The zero-order valence-corrected chi connectivity index (χ0v) is 6.76. The molecule has 1 saturated heterocycles. The van der Waals surface area contributed by atoms with E-state index in [9.17, 15) is 4.79 Å². The van der Waals surface area contributed by atoms with E-state index in [0.717, 1.165) is 19.4 Å². The van der Waals surface area contributed by atoms with Gasteiger partial charge in [-0.25, -0.2) is 0 Å². The van der Waals surface area contributed by atoms with E-state index in [-0.39, 0.29) is 0 Å². The van der Waals surface area contributed by atoms with Crippen LogP contribution in [0.4, 0.5) is 0 Å². The van der Waals surface area contributed by atoms with Crippen LogP contribution in [-0.4, -0.2) is 24.4 Å². The summed E-state index contributed by atoms with van der Waals surface area (Å²) >= 11 is 0. The fraction of sp³-hybridized carbons (Fsp3) is 0.875. The van der Waals surface area contributed by atoms with Crippen molar-refractivity contribution in [2.45, 2.75) is 26.2 Å². The Bertz CT molecular complexity index is 133. The second-order valence-electron chi connectivity index (χ2n) is 3.01. The lowest BCUT2D eigenvalue weighted by molar-refractivity contribution is -0.136. The third-order valence-corrected chi connectivity index (χ3v) is 2.26. The Labute approximate surface area is 62.2 Å². The minimum Gasteiger partial charge on any atom is -0.346 e. The van der Waals surface area contributed by atoms with Crippen molar-refractivity contribution in [3.8, 4) is 0 Å². The smallest absolute Gasteiger partial charge is 0.225 e. The van der Waals surface area contributed by atoms with E-state index in [1.54, 1.807) is 0 Å². The first-order chi connectivity index (χ1) is 4.75. The highest BCUT2D eigenvalue weighted by atomic mass is 16.2. The van der Waals surface area contributed by atoms with Gasteiger partial charge in [-0.1, -0.05) is 6.92 Å². The SMILES string of the molecule is CC[C@@H]1CCCN(C)C1=O. The Morgan fingerprint density at radius 1 is 1.70 bits per heavy atom. The zero-order chi connectivity index (χ0) is 7.56. The van der Waals surface area contributed by atoms with Crippen LogP contribution in [0.2, 0.25) is 0 Å². The molecule has 1 atom stereocenters. The van der Waals surface area contributed by atoms with Crippen LogP contribution >= 0.6 is 0 Å². The lowest BCUT2D eigenvalue weighted by Gasteiger charge is -2.28. The number of rotatable bonds is 1. The Kier molecular flexibility index (Phi) is 2.30. The van der Waals surface area contributed by atoms with Gasteiger partial charge < -0.3 is 4.90 Å². The number of hydrogen-bond donors (Lipinski definition) is 0. The largest absolute Gasteiger partial charge is 0.346 e. The van der Waals surface area contributed by atoms with Gasteiger partial charge in [0, 0.05) is 19.5 Å². The molecule has 1 fully saturated rings. The van der Waals surface area contributed by atoms with Crippen LogP contribution in [0, 0.1) is 5.92 Å². The Balaban J connectivity index is 2.51. The Morgan fingerprint density at radius 3 is 2.90 bits per heavy atom. The molecule has 1 amide bonds. The van der Waals surface area contributed by atoms with E-state index < -0.39 is 0 Å². The van der Waals surface area contributed by atoms with Gasteiger partial charge in [0.15, 0.2) is 0 Å². The van der Waals surface area contributed by atoms with Crippen LogP contribution in [-0.2, 0) is 4.79 Å². The average molecular weight is 141 g/mol. The molecule has 0 radical (unpaired) electrons. The number of carbonyl (C=O) groups excluding carboxylic acids is 1. The molecule has 1 aliphatic heterocycles. The summed E-state index contributed by atoms with van der Waals surface area (Å²) in [5, 5.41) is 0. The first kappa shape index (κ1) is 7.58. The molecule has 1 aliphatic rings. The predicted octanol–water partition coefficient (Wildman–Crippen LogP) is 1.26. The first-order valence-electron chi connectivity index (χ1n) is 4.00. The number of nitrogens with zero attached hydrogens (tertiary/aromatic N) is 1.